The van der Waals surface area contributed by atoms with Crippen molar-refractivity contribution in [1.82, 2.24) is 4.98 Å². The highest BCUT2D eigenvalue weighted by Gasteiger charge is 2.26. The average Bonchev–Trinajstić information content (AvgIpc) is 2.34. The third-order valence-corrected chi connectivity index (χ3v) is 4.21. The number of nitrogens with one attached hydrogen (secondary N) is 1. The first kappa shape index (κ1) is 15.9. The Labute approximate surface area is 122 Å². The van der Waals surface area contributed by atoms with Crippen molar-refractivity contribution in [2.75, 3.05) is 5.32 Å². The van der Waals surface area contributed by atoms with E-state index in [1.165, 1.54) is 0 Å². The molecule has 0 atom stereocenters. The van der Waals surface area contributed by atoms with Crippen LogP contribution in [0.4, 0.5) is 5.82 Å². The third kappa shape index (κ3) is 3.44. The molecule has 106 valence electrons. The number of aromatic nitrogens is 1. The lowest BCUT2D eigenvalue weighted by Gasteiger charge is -2.33. The maximum Gasteiger partial charge on any atom is 0.137 e. The number of thiocarbonyl (C=S) groups is 1. The smallest absolute Gasteiger partial charge is 0.137 e. The minimum absolute atomic E-state index is 0.0623. The average molecular weight is 279 g/mol. The summed E-state index contributed by atoms with van der Waals surface area (Å²) in [6.45, 7) is 10.6. The zero-order chi connectivity index (χ0) is 14.6. The number of hydrogen-bond acceptors (Lipinski definition) is 3. The molecule has 0 fully saturated rings. The highest BCUT2D eigenvalue weighted by Crippen LogP contribution is 2.28. The molecule has 1 aromatic rings. The molecule has 0 spiro atoms. The zero-order valence-electron chi connectivity index (χ0n) is 12.6. The minimum atomic E-state index is 0.0623. The molecule has 19 heavy (non-hydrogen) atoms. The van der Waals surface area contributed by atoms with E-state index in [4.69, 9.17) is 18.0 Å². The topological polar surface area (TPSA) is 50.9 Å². The molecule has 0 saturated carbocycles. The lowest BCUT2D eigenvalue weighted by molar-refractivity contribution is 0.419. The number of rotatable bonds is 6. The van der Waals surface area contributed by atoms with Crippen molar-refractivity contribution in [1.29, 1.82) is 0 Å². The van der Waals surface area contributed by atoms with E-state index < -0.39 is 0 Å². The fourth-order valence-corrected chi connectivity index (χ4v) is 2.76. The van der Waals surface area contributed by atoms with E-state index in [-0.39, 0.29) is 5.54 Å². The second-order valence-corrected chi connectivity index (χ2v) is 5.57. The number of aryl methyl sites for hydroxylation is 2. The van der Waals surface area contributed by atoms with E-state index in [9.17, 15) is 0 Å². The number of nitrogens with zero attached hydrogens (tertiary/aromatic N) is 1. The van der Waals surface area contributed by atoms with Crippen molar-refractivity contribution < 1.29 is 0 Å². The Bertz CT molecular complexity index is 456. The molecule has 0 aliphatic carbocycles. The van der Waals surface area contributed by atoms with E-state index in [0.29, 0.717) is 4.99 Å². The van der Waals surface area contributed by atoms with Crippen LogP contribution in [0, 0.1) is 13.8 Å². The van der Waals surface area contributed by atoms with E-state index in [1.807, 2.05) is 19.9 Å². The van der Waals surface area contributed by atoms with Crippen molar-refractivity contribution in [3.05, 3.63) is 22.9 Å². The maximum absolute atomic E-state index is 5.86. The molecule has 3 nitrogen and oxygen atoms in total. The molecule has 1 rings (SSSR count). The molecule has 0 unspecified atom stereocenters. The zero-order valence-corrected chi connectivity index (χ0v) is 13.4. The molecule has 4 heteroatoms. The summed E-state index contributed by atoms with van der Waals surface area (Å²) in [5, 5.41) is 3.59. The first-order chi connectivity index (χ1) is 8.89. The molecule has 0 amide bonds. The van der Waals surface area contributed by atoms with Gasteiger partial charge in [-0.1, -0.05) is 33.0 Å². The normalized spacial score (nSPS) is 11.4. The van der Waals surface area contributed by atoms with Crippen molar-refractivity contribution in [3.63, 3.8) is 0 Å². The van der Waals surface area contributed by atoms with Crippen LogP contribution < -0.4 is 11.1 Å². The van der Waals surface area contributed by atoms with Gasteiger partial charge in [-0.2, -0.15) is 0 Å². The van der Waals surface area contributed by atoms with Crippen LogP contribution in [0.1, 0.15) is 56.9 Å². The van der Waals surface area contributed by atoms with Crippen LogP contribution in [-0.2, 0) is 0 Å². The molecule has 1 aromatic heterocycles. The molecule has 0 bridgehead atoms. The van der Waals surface area contributed by atoms with Gasteiger partial charge in [0.05, 0.1) is 5.56 Å². The first-order valence-corrected chi connectivity index (χ1v) is 7.36. The van der Waals surface area contributed by atoms with Crippen LogP contribution in [0.5, 0.6) is 0 Å². The standard InChI is InChI=1S/C15H25N3S/c1-6-15(7-2,8-3)18-14-12(13(16)19)10(4)9-11(5)17-14/h9H,6-8H2,1-5H3,(H2,16,19)(H,17,18). The van der Waals surface area contributed by atoms with Gasteiger partial charge < -0.3 is 11.1 Å². The van der Waals surface area contributed by atoms with E-state index in [1.54, 1.807) is 0 Å². The molecule has 3 N–H and O–H groups in total. The monoisotopic (exact) mass is 279 g/mol. The van der Waals surface area contributed by atoms with Gasteiger partial charge in [-0.3, -0.25) is 0 Å². The summed E-state index contributed by atoms with van der Waals surface area (Å²) in [5.41, 5.74) is 8.86. The second kappa shape index (κ2) is 6.33. The highest BCUT2D eigenvalue weighted by atomic mass is 32.1. The molecule has 0 aliphatic heterocycles. The van der Waals surface area contributed by atoms with E-state index >= 15 is 0 Å². The largest absolute Gasteiger partial charge is 0.389 e. The van der Waals surface area contributed by atoms with Gasteiger partial charge in [0.2, 0.25) is 0 Å². The van der Waals surface area contributed by atoms with Crippen LogP contribution >= 0.6 is 12.2 Å². The summed E-state index contributed by atoms with van der Waals surface area (Å²) in [5.74, 6) is 0.829. The summed E-state index contributed by atoms with van der Waals surface area (Å²) in [7, 11) is 0. The van der Waals surface area contributed by atoms with Gasteiger partial charge >= 0.3 is 0 Å². The molecule has 0 aromatic carbocycles. The number of anilines is 1. The van der Waals surface area contributed by atoms with Crippen molar-refractivity contribution in [2.24, 2.45) is 5.73 Å². The van der Waals surface area contributed by atoms with Crippen molar-refractivity contribution in [3.8, 4) is 0 Å². The Morgan fingerprint density at radius 3 is 2.21 bits per heavy atom. The Morgan fingerprint density at radius 1 is 1.26 bits per heavy atom. The number of nitrogens with two attached hydrogens (primary N) is 1. The predicted octanol–water partition coefficient (Wildman–Crippen LogP) is 3.71. The molecule has 1 heterocycles. The van der Waals surface area contributed by atoms with Crippen LogP contribution in [0.25, 0.3) is 0 Å². The van der Waals surface area contributed by atoms with E-state index in [2.05, 4.69) is 31.1 Å². The second-order valence-electron chi connectivity index (χ2n) is 5.13. The molecule has 0 radical (unpaired) electrons. The number of pyridine rings is 1. The number of hydrogen-bond donors (Lipinski definition) is 2. The maximum atomic E-state index is 5.86. The molecule has 0 saturated heterocycles. The van der Waals surface area contributed by atoms with Gasteiger partial charge in [-0.05, 0) is 44.7 Å². The van der Waals surface area contributed by atoms with Gasteiger partial charge in [0.15, 0.2) is 0 Å². The SMILES string of the molecule is CCC(CC)(CC)Nc1nc(C)cc(C)c1C(N)=S. The minimum Gasteiger partial charge on any atom is -0.389 e. The summed E-state index contributed by atoms with van der Waals surface area (Å²) < 4.78 is 0. The molecular formula is C15H25N3S. The Hall–Kier alpha value is -1.16. The quantitative estimate of drug-likeness (QED) is 0.779. The Balaban J connectivity index is 3.30. The third-order valence-electron chi connectivity index (χ3n) is 4.00. The fourth-order valence-electron chi connectivity index (χ4n) is 2.50. The van der Waals surface area contributed by atoms with Gasteiger partial charge in [-0.25, -0.2) is 4.98 Å². The summed E-state index contributed by atoms with van der Waals surface area (Å²) >= 11 is 5.18. The van der Waals surface area contributed by atoms with Crippen molar-refractivity contribution in [2.45, 2.75) is 59.4 Å². The Kier molecular flexibility index (Phi) is 5.29. The lowest BCUT2D eigenvalue weighted by atomic mass is 9.89. The summed E-state index contributed by atoms with van der Waals surface area (Å²) in [6, 6.07) is 2.02. The Morgan fingerprint density at radius 2 is 1.79 bits per heavy atom. The van der Waals surface area contributed by atoms with Crippen LogP contribution in [-0.4, -0.2) is 15.5 Å². The molecular weight excluding hydrogens is 254 g/mol. The van der Waals surface area contributed by atoms with Gasteiger partial charge in [0.25, 0.3) is 0 Å². The first-order valence-electron chi connectivity index (χ1n) is 6.95. The van der Waals surface area contributed by atoms with Gasteiger partial charge in [0, 0.05) is 11.2 Å². The summed E-state index contributed by atoms with van der Waals surface area (Å²) in [4.78, 5) is 5.01. The molecule has 0 aliphatic rings. The predicted molar refractivity (Wildman–Crippen MR) is 86.8 cm³/mol. The van der Waals surface area contributed by atoms with Gasteiger partial charge in [-0.15, -0.1) is 0 Å². The van der Waals surface area contributed by atoms with Crippen LogP contribution in [0.3, 0.4) is 0 Å². The fraction of sp³-hybridized carbons (Fsp3) is 0.600. The van der Waals surface area contributed by atoms with Gasteiger partial charge in [0.1, 0.15) is 10.8 Å². The van der Waals surface area contributed by atoms with Crippen LogP contribution in [0.15, 0.2) is 6.07 Å². The van der Waals surface area contributed by atoms with Crippen molar-refractivity contribution >= 4 is 23.0 Å². The highest BCUT2D eigenvalue weighted by molar-refractivity contribution is 7.80. The lowest BCUT2D eigenvalue weighted by Crippen LogP contribution is -2.37. The van der Waals surface area contributed by atoms with Crippen LogP contribution in [0.2, 0.25) is 0 Å². The van der Waals surface area contributed by atoms with E-state index in [0.717, 1.165) is 41.9 Å². The summed E-state index contributed by atoms with van der Waals surface area (Å²) in [6.07, 6.45) is 3.14.